The molecule has 1 amide bonds. The highest BCUT2D eigenvalue weighted by Gasteiger charge is 2.24. The number of hydrogen-bond donors (Lipinski definition) is 1. The van der Waals surface area contributed by atoms with Crippen LogP contribution in [0.1, 0.15) is 19.3 Å². The molecule has 0 aromatic carbocycles. The van der Waals surface area contributed by atoms with E-state index in [1.165, 1.54) is 0 Å². The van der Waals surface area contributed by atoms with Gasteiger partial charge in [-0.3, -0.25) is 4.79 Å². The van der Waals surface area contributed by atoms with Gasteiger partial charge < -0.3 is 5.73 Å². The molecule has 0 aromatic rings. The van der Waals surface area contributed by atoms with E-state index in [4.69, 9.17) is 17.3 Å². The third kappa shape index (κ3) is 1.87. The third-order valence-electron chi connectivity index (χ3n) is 1.80. The van der Waals surface area contributed by atoms with Gasteiger partial charge >= 0.3 is 0 Å². The number of halogens is 1. The molecular weight excluding hydrogens is 150 g/mol. The van der Waals surface area contributed by atoms with Crippen molar-refractivity contribution >= 4 is 17.5 Å². The van der Waals surface area contributed by atoms with Crippen LogP contribution in [0.2, 0.25) is 0 Å². The van der Waals surface area contributed by atoms with E-state index in [9.17, 15) is 4.79 Å². The van der Waals surface area contributed by atoms with E-state index in [2.05, 4.69) is 0 Å². The van der Waals surface area contributed by atoms with Gasteiger partial charge in [0.25, 0.3) is 0 Å². The highest BCUT2D eigenvalue weighted by atomic mass is 35.5. The molecule has 2 atom stereocenters. The molecule has 57 valence electrons. The zero-order valence-electron chi connectivity index (χ0n) is 5.72. The van der Waals surface area contributed by atoms with Crippen LogP contribution in [0, 0.1) is 12.3 Å². The highest BCUT2D eigenvalue weighted by molar-refractivity contribution is 6.21. The van der Waals surface area contributed by atoms with Gasteiger partial charge in [0.1, 0.15) is 0 Å². The first kappa shape index (κ1) is 7.86. The Hall–Kier alpha value is -0.240. The summed E-state index contributed by atoms with van der Waals surface area (Å²) < 4.78 is 0. The van der Waals surface area contributed by atoms with Crippen molar-refractivity contribution in [1.29, 1.82) is 0 Å². The molecule has 0 heterocycles. The standard InChI is InChI=1S/C7H11ClNO/c8-6-3-1-2-5(4-6)7(9)10/h4-6H,1-3H2,(H2,9,10). The number of alkyl halides is 1. The summed E-state index contributed by atoms with van der Waals surface area (Å²) in [6.07, 6.45) is 4.70. The quantitative estimate of drug-likeness (QED) is 0.574. The second-order valence-corrected chi connectivity index (χ2v) is 3.21. The van der Waals surface area contributed by atoms with Gasteiger partial charge in [-0.15, -0.1) is 11.6 Å². The smallest absolute Gasteiger partial charge is 0.220 e. The van der Waals surface area contributed by atoms with E-state index in [0.717, 1.165) is 19.3 Å². The van der Waals surface area contributed by atoms with E-state index in [1.54, 1.807) is 0 Å². The number of carbonyl (C=O) groups is 1. The van der Waals surface area contributed by atoms with E-state index >= 15 is 0 Å². The number of amides is 1. The first-order valence-corrected chi connectivity index (χ1v) is 3.92. The Labute approximate surface area is 65.7 Å². The first-order chi connectivity index (χ1) is 4.70. The minimum Gasteiger partial charge on any atom is -0.369 e. The monoisotopic (exact) mass is 160 g/mol. The van der Waals surface area contributed by atoms with Gasteiger partial charge in [0.15, 0.2) is 0 Å². The average Bonchev–Trinajstić information content (AvgIpc) is 1.88. The average molecular weight is 161 g/mol. The normalized spacial score (nSPS) is 33.7. The van der Waals surface area contributed by atoms with Crippen molar-refractivity contribution in [1.82, 2.24) is 0 Å². The molecule has 1 saturated carbocycles. The number of nitrogens with two attached hydrogens (primary N) is 1. The zero-order chi connectivity index (χ0) is 7.56. The second-order valence-electron chi connectivity index (χ2n) is 2.65. The molecule has 0 bridgehead atoms. The van der Waals surface area contributed by atoms with Crippen molar-refractivity contribution in [2.45, 2.75) is 24.6 Å². The van der Waals surface area contributed by atoms with Crippen molar-refractivity contribution in [3.63, 3.8) is 0 Å². The molecule has 1 aliphatic rings. The predicted octanol–water partition coefficient (Wildman–Crippen LogP) is 1.08. The number of hydrogen-bond acceptors (Lipinski definition) is 1. The van der Waals surface area contributed by atoms with Crippen LogP contribution in [0.3, 0.4) is 0 Å². The molecular formula is C7H11ClNO. The Morgan fingerprint density at radius 2 is 2.30 bits per heavy atom. The first-order valence-electron chi connectivity index (χ1n) is 3.48. The molecule has 10 heavy (non-hydrogen) atoms. The molecule has 0 aliphatic heterocycles. The molecule has 1 radical (unpaired) electrons. The molecule has 1 rings (SSSR count). The molecule has 1 fully saturated rings. The fourth-order valence-electron chi connectivity index (χ4n) is 1.21. The summed E-state index contributed by atoms with van der Waals surface area (Å²) >= 11 is 5.79. The molecule has 0 aromatic heterocycles. The van der Waals surface area contributed by atoms with E-state index in [0.29, 0.717) is 0 Å². The van der Waals surface area contributed by atoms with E-state index < -0.39 is 0 Å². The fraction of sp³-hybridized carbons (Fsp3) is 0.714. The van der Waals surface area contributed by atoms with Gasteiger partial charge in [-0.1, -0.05) is 6.42 Å². The van der Waals surface area contributed by atoms with Crippen molar-refractivity contribution in [2.75, 3.05) is 0 Å². The largest absolute Gasteiger partial charge is 0.369 e. The summed E-state index contributed by atoms with van der Waals surface area (Å²) in [5.74, 6) is -0.332. The van der Waals surface area contributed by atoms with Crippen molar-refractivity contribution < 1.29 is 4.79 Å². The van der Waals surface area contributed by atoms with E-state index in [1.807, 2.05) is 6.42 Å². The lowest BCUT2D eigenvalue weighted by Gasteiger charge is -2.21. The lowest BCUT2D eigenvalue weighted by Crippen LogP contribution is -2.29. The summed E-state index contributed by atoms with van der Waals surface area (Å²) in [4.78, 5) is 10.6. The Morgan fingerprint density at radius 3 is 2.70 bits per heavy atom. The zero-order valence-corrected chi connectivity index (χ0v) is 6.47. The van der Waals surface area contributed by atoms with Gasteiger partial charge in [-0.05, 0) is 19.3 Å². The topological polar surface area (TPSA) is 43.1 Å². The third-order valence-corrected chi connectivity index (χ3v) is 2.17. The van der Waals surface area contributed by atoms with Crippen molar-refractivity contribution in [3.8, 4) is 0 Å². The number of carbonyl (C=O) groups excluding carboxylic acids is 1. The van der Waals surface area contributed by atoms with E-state index in [-0.39, 0.29) is 17.2 Å². The lowest BCUT2D eigenvalue weighted by molar-refractivity contribution is -0.121. The second kappa shape index (κ2) is 3.24. The SMILES string of the molecule is NC(=O)C1[CH]C(Cl)CCC1. The summed E-state index contributed by atoms with van der Waals surface area (Å²) in [6.45, 7) is 0. The summed E-state index contributed by atoms with van der Waals surface area (Å²) in [5, 5.41) is 0.0475. The van der Waals surface area contributed by atoms with Crippen LogP contribution in [0.5, 0.6) is 0 Å². The van der Waals surface area contributed by atoms with Gasteiger partial charge in [0.05, 0.1) is 0 Å². The molecule has 0 spiro atoms. The molecule has 2 unspecified atom stereocenters. The Bertz CT molecular complexity index is 138. The minimum absolute atomic E-state index is 0.0475. The lowest BCUT2D eigenvalue weighted by atomic mass is 9.88. The maximum atomic E-state index is 10.6. The number of rotatable bonds is 1. The van der Waals surface area contributed by atoms with Gasteiger partial charge in [-0.25, -0.2) is 0 Å². The van der Waals surface area contributed by atoms with Crippen molar-refractivity contribution in [3.05, 3.63) is 6.42 Å². The Balaban J connectivity index is 2.39. The van der Waals surface area contributed by atoms with Crippen LogP contribution >= 0.6 is 11.6 Å². The maximum Gasteiger partial charge on any atom is 0.220 e. The summed E-state index contributed by atoms with van der Waals surface area (Å²) in [6, 6.07) is 0. The highest BCUT2D eigenvalue weighted by Crippen LogP contribution is 2.26. The van der Waals surface area contributed by atoms with Gasteiger partial charge in [0, 0.05) is 11.3 Å². The Morgan fingerprint density at radius 1 is 1.60 bits per heavy atom. The van der Waals surface area contributed by atoms with Gasteiger partial charge in [0.2, 0.25) is 5.91 Å². The molecule has 3 heteroatoms. The maximum absolute atomic E-state index is 10.6. The van der Waals surface area contributed by atoms with Crippen LogP contribution in [0.4, 0.5) is 0 Å². The predicted molar refractivity (Wildman–Crippen MR) is 40.5 cm³/mol. The van der Waals surface area contributed by atoms with Crippen molar-refractivity contribution in [2.24, 2.45) is 11.7 Å². The molecule has 1 aliphatic carbocycles. The Kier molecular flexibility index (Phi) is 2.55. The van der Waals surface area contributed by atoms with Crippen LogP contribution < -0.4 is 5.73 Å². The van der Waals surface area contributed by atoms with Crippen LogP contribution in [-0.4, -0.2) is 11.3 Å². The van der Waals surface area contributed by atoms with Crippen LogP contribution in [-0.2, 0) is 4.79 Å². The van der Waals surface area contributed by atoms with Crippen LogP contribution in [0.15, 0.2) is 0 Å². The van der Waals surface area contributed by atoms with Crippen LogP contribution in [0.25, 0.3) is 0 Å². The summed E-state index contributed by atoms with van der Waals surface area (Å²) in [5.41, 5.74) is 5.10. The fourth-order valence-corrected chi connectivity index (χ4v) is 1.54. The van der Waals surface area contributed by atoms with Gasteiger partial charge in [-0.2, -0.15) is 0 Å². The molecule has 2 nitrogen and oxygen atoms in total. The molecule has 0 saturated heterocycles. The number of primary amides is 1. The minimum atomic E-state index is -0.245. The molecule has 2 N–H and O–H groups in total. The summed E-state index contributed by atoms with van der Waals surface area (Å²) in [7, 11) is 0.